The van der Waals surface area contributed by atoms with Crippen molar-refractivity contribution in [3.05, 3.63) is 40.7 Å². The number of halogens is 1. The minimum atomic E-state index is -0.501. The van der Waals surface area contributed by atoms with E-state index in [1.165, 1.54) is 5.56 Å². The number of aromatic nitrogens is 1. The zero-order valence-corrected chi connectivity index (χ0v) is 13.7. The number of ether oxygens (including phenoxy) is 1. The summed E-state index contributed by atoms with van der Waals surface area (Å²) in [5, 5.41) is 5.53. The Balaban J connectivity index is 1.92. The van der Waals surface area contributed by atoms with Gasteiger partial charge in [0, 0.05) is 11.6 Å². The number of rotatable bonds is 1. The predicted molar refractivity (Wildman–Crippen MR) is 87.2 cm³/mol. The predicted octanol–water partition coefficient (Wildman–Crippen LogP) is 4.40. The molecule has 1 N–H and O–H groups in total. The lowest BCUT2D eigenvalue weighted by atomic mass is 10.0. The minimum absolute atomic E-state index is 0.0449. The van der Waals surface area contributed by atoms with Crippen molar-refractivity contribution in [2.24, 2.45) is 0 Å². The van der Waals surface area contributed by atoms with Gasteiger partial charge in [-0.05, 0) is 56.2 Å². The lowest BCUT2D eigenvalue weighted by molar-refractivity contribution is 0.0504. The van der Waals surface area contributed by atoms with Crippen LogP contribution in [-0.4, -0.2) is 16.7 Å². The van der Waals surface area contributed by atoms with E-state index in [-0.39, 0.29) is 12.1 Å². The van der Waals surface area contributed by atoms with E-state index in [0.29, 0.717) is 5.15 Å². The Labute approximate surface area is 134 Å². The van der Waals surface area contributed by atoms with Gasteiger partial charge in [-0.25, -0.2) is 9.78 Å². The first-order chi connectivity index (χ1) is 10.3. The molecule has 1 amide bonds. The van der Waals surface area contributed by atoms with E-state index in [4.69, 9.17) is 16.3 Å². The summed E-state index contributed by atoms with van der Waals surface area (Å²) >= 11 is 5.96. The number of hydrogen-bond acceptors (Lipinski definition) is 3. The van der Waals surface area contributed by atoms with Crippen LogP contribution in [-0.2, 0) is 11.2 Å². The van der Waals surface area contributed by atoms with Gasteiger partial charge in [0.1, 0.15) is 10.8 Å². The number of amides is 1. The molecule has 0 saturated carbocycles. The van der Waals surface area contributed by atoms with Gasteiger partial charge in [-0.2, -0.15) is 0 Å². The van der Waals surface area contributed by atoms with Crippen molar-refractivity contribution in [3.63, 3.8) is 0 Å². The monoisotopic (exact) mass is 318 g/mol. The third-order valence-corrected chi connectivity index (χ3v) is 3.95. The number of hydrogen-bond donors (Lipinski definition) is 1. The van der Waals surface area contributed by atoms with Crippen LogP contribution in [0, 0.1) is 0 Å². The number of alkyl carbamates (subject to hydrolysis) is 1. The summed E-state index contributed by atoms with van der Waals surface area (Å²) < 4.78 is 5.36. The fraction of sp³-hybridized carbons (Fsp3) is 0.412. The molecule has 1 heterocycles. The van der Waals surface area contributed by atoms with Crippen molar-refractivity contribution in [3.8, 4) is 0 Å². The van der Waals surface area contributed by atoms with E-state index in [1.807, 2.05) is 26.8 Å². The van der Waals surface area contributed by atoms with Gasteiger partial charge in [-0.1, -0.05) is 23.7 Å². The number of aryl methyl sites for hydroxylation is 1. The Bertz CT molecular complexity index is 737. The van der Waals surface area contributed by atoms with Gasteiger partial charge >= 0.3 is 6.09 Å². The highest BCUT2D eigenvalue weighted by atomic mass is 35.5. The number of nitrogens with zero attached hydrogens (tertiary/aromatic N) is 1. The normalized spacial score (nSPS) is 17.4. The molecule has 0 bridgehead atoms. The Hall–Kier alpha value is -1.81. The minimum Gasteiger partial charge on any atom is -0.444 e. The first-order valence-electron chi connectivity index (χ1n) is 7.40. The molecule has 22 heavy (non-hydrogen) atoms. The molecule has 1 aliphatic rings. The summed E-state index contributed by atoms with van der Waals surface area (Å²) in [7, 11) is 0. The molecule has 1 aliphatic carbocycles. The molecule has 1 unspecified atom stereocenters. The van der Waals surface area contributed by atoms with E-state index < -0.39 is 5.60 Å². The van der Waals surface area contributed by atoms with Gasteiger partial charge in [-0.3, -0.25) is 0 Å². The highest BCUT2D eigenvalue weighted by Gasteiger charge is 2.28. The summed E-state index contributed by atoms with van der Waals surface area (Å²) in [6.07, 6.45) is 3.21. The van der Waals surface area contributed by atoms with Crippen LogP contribution in [0.15, 0.2) is 24.4 Å². The van der Waals surface area contributed by atoms with E-state index in [1.54, 1.807) is 6.20 Å². The van der Waals surface area contributed by atoms with Crippen molar-refractivity contribution < 1.29 is 9.53 Å². The van der Waals surface area contributed by atoms with Crippen molar-refractivity contribution in [1.82, 2.24) is 10.3 Å². The molecule has 116 valence electrons. The maximum absolute atomic E-state index is 12.0. The van der Waals surface area contributed by atoms with Gasteiger partial charge in [0.05, 0.1) is 6.04 Å². The number of nitrogens with one attached hydrogen (secondary N) is 1. The average molecular weight is 319 g/mol. The highest BCUT2D eigenvalue weighted by molar-refractivity contribution is 6.30. The molecule has 1 aromatic heterocycles. The fourth-order valence-corrected chi connectivity index (χ4v) is 3.09. The Morgan fingerprint density at radius 3 is 2.91 bits per heavy atom. The van der Waals surface area contributed by atoms with E-state index >= 15 is 0 Å². The quantitative estimate of drug-likeness (QED) is 0.793. The molecule has 0 radical (unpaired) electrons. The maximum atomic E-state index is 12.0. The van der Waals surface area contributed by atoms with Crippen LogP contribution in [0.1, 0.15) is 44.4 Å². The van der Waals surface area contributed by atoms with Gasteiger partial charge < -0.3 is 10.1 Å². The largest absolute Gasteiger partial charge is 0.444 e. The van der Waals surface area contributed by atoms with Gasteiger partial charge in [0.25, 0.3) is 0 Å². The molecule has 0 aliphatic heterocycles. The molecule has 0 saturated heterocycles. The molecule has 4 nitrogen and oxygen atoms in total. The van der Waals surface area contributed by atoms with Crippen molar-refractivity contribution >= 4 is 28.5 Å². The Morgan fingerprint density at radius 2 is 2.18 bits per heavy atom. The molecule has 5 heteroatoms. The van der Waals surface area contributed by atoms with E-state index in [9.17, 15) is 4.79 Å². The third-order valence-electron chi connectivity index (χ3n) is 3.74. The van der Waals surface area contributed by atoms with Crippen molar-refractivity contribution in [2.45, 2.75) is 45.3 Å². The molecular formula is C17H19ClN2O2. The lowest BCUT2D eigenvalue weighted by Crippen LogP contribution is -2.34. The zero-order chi connectivity index (χ0) is 15.9. The number of benzene rings is 1. The Kier molecular flexibility index (Phi) is 3.73. The summed E-state index contributed by atoms with van der Waals surface area (Å²) in [6.45, 7) is 5.57. The second-order valence-corrected chi connectivity index (χ2v) is 6.99. The van der Waals surface area contributed by atoms with E-state index in [0.717, 1.165) is 29.2 Å². The summed E-state index contributed by atoms with van der Waals surface area (Å²) in [6, 6.07) is 5.96. The standard InChI is InChI=1S/C17H19ClN2O2/c1-17(2,3)22-16(21)20-13-7-6-10-4-5-11-8-14(18)19-9-12(11)15(10)13/h4-5,8-9,13H,6-7H2,1-3H3,(H,20,21). The molecule has 0 fully saturated rings. The smallest absolute Gasteiger partial charge is 0.408 e. The summed E-state index contributed by atoms with van der Waals surface area (Å²) in [4.78, 5) is 16.2. The van der Waals surface area contributed by atoms with Gasteiger partial charge in [0.2, 0.25) is 0 Å². The van der Waals surface area contributed by atoms with Crippen LogP contribution in [0.3, 0.4) is 0 Å². The van der Waals surface area contributed by atoms with Crippen LogP contribution in [0.2, 0.25) is 5.15 Å². The zero-order valence-electron chi connectivity index (χ0n) is 12.9. The van der Waals surface area contributed by atoms with Gasteiger partial charge in [0.15, 0.2) is 0 Å². The number of carbonyl (C=O) groups is 1. The SMILES string of the molecule is CC(C)(C)OC(=O)NC1CCc2ccc3cc(Cl)ncc3c21. The number of carbonyl (C=O) groups excluding carboxylic acids is 1. The number of pyridine rings is 1. The second-order valence-electron chi connectivity index (χ2n) is 6.60. The Morgan fingerprint density at radius 1 is 1.41 bits per heavy atom. The van der Waals surface area contributed by atoms with Crippen LogP contribution in [0.25, 0.3) is 10.8 Å². The van der Waals surface area contributed by atoms with E-state index in [2.05, 4.69) is 22.4 Å². The van der Waals surface area contributed by atoms with Crippen LogP contribution >= 0.6 is 11.6 Å². The fourth-order valence-electron chi connectivity index (χ4n) is 2.93. The molecule has 3 rings (SSSR count). The second kappa shape index (κ2) is 5.43. The van der Waals surface area contributed by atoms with Crippen LogP contribution in [0.4, 0.5) is 4.79 Å². The molecule has 0 spiro atoms. The molecule has 2 aromatic rings. The first kappa shape index (κ1) is 15.1. The average Bonchev–Trinajstić information content (AvgIpc) is 2.79. The summed E-state index contributed by atoms with van der Waals surface area (Å²) in [5.41, 5.74) is 1.88. The lowest BCUT2D eigenvalue weighted by Gasteiger charge is -2.22. The van der Waals surface area contributed by atoms with Crippen molar-refractivity contribution in [2.75, 3.05) is 0 Å². The third kappa shape index (κ3) is 3.02. The molecule has 1 atom stereocenters. The number of fused-ring (bicyclic) bond motifs is 3. The molecular weight excluding hydrogens is 300 g/mol. The van der Waals surface area contributed by atoms with Crippen LogP contribution < -0.4 is 5.32 Å². The summed E-state index contributed by atoms with van der Waals surface area (Å²) in [5.74, 6) is 0. The highest BCUT2D eigenvalue weighted by Crippen LogP contribution is 2.37. The maximum Gasteiger partial charge on any atom is 0.408 e. The molecule has 1 aromatic carbocycles. The van der Waals surface area contributed by atoms with Crippen LogP contribution in [0.5, 0.6) is 0 Å². The van der Waals surface area contributed by atoms with Gasteiger partial charge in [-0.15, -0.1) is 0 Å². The topological polar surface area (TPSA) is 51.2 Å². The van der Waals surface area contributed by atoms with Crippen molar-refractivity contribution in [1.29, 1.82) is 0 Å². The first-order valence-corrected chi connectivity index (χ1v) is 7.78.